The molecule has 2 atom stereocenters. The van der Waals surface area contributed by atoms with Crippen molar-refractivity contribution >= 4 is 17.8 Å². The molecular weight excluding hydrogens is 568 g/mol. The number of nitrogens with zero attached hydrogens (tertiary/aromatic N) is 4. The number of amides is 3. The minimum Gasteiger partial charge on any atom is -0.484 e. The largest absolute Gasteiger partial charge is 0.484 e. The summed E-state index contributed by atoms with van der Waals surface area (Å²) in [5.74, 6) is 1.10. The summed E-state index contributed by atoms with van der Waals surface area (Å²) in [6, 6.07) is 21.1. The first-order chi connectivity index (χ1) is 21.7. The first-order valence-electron chi connectivity index (χ1n) is 15.5. The lowest BCUT2D eigenvalue weighted by Crippen LogP contribution is -2.41. The maximum Gasteiger partial charge on any atom is 0.320 e. The van der Waals surface area contributed by atoms with Gasteiger partial charge < -0.3 is 19.7 Å². The van der Waals surface area contributed by atoms with Crippen molar-refractivity contribution in [3.63, 3.8) is 0 Å². The Morgan fingerprint density at radius 2 is 1.69 bits per heavy atom. The molecule has 2 N–H and O–H groups in total. The van der Waals surface area contributed by atoms with Gasteiger partial charge >= 0.3 is 6.03 Å². The van der Waals surface area contributed by atoms with Crippen LogP contribution in [0.15, 0.2) is 72.9 Å². The number of carbonyl (C=O) groups excluding carboxylic acids is 2. The van der Waals surface area contributed by atoms with Crippen LogP contribution in [0.25, 0.3) is 5.69 Å². The van der Waals surface area contributed by atoms with Crippen molar-refractivity contribution in [1.29, 1.82) is 0 Å². The maximum atomic E-state index is 13.4. The number of anilines is 1. The van der Waals surface area contributed by atoms with Crippen molar-refractivity contribution in [1.82, 2.24) is 25.0 Å². The Morgan fingerprint density at radius 1 is 0.956 bits per heavy atom. The van der Waals surface area contributed by atoms with Gasteiger partial charge in [0.25, 0.3) is 5.91 Å². The molecule has 10 nitrogen and oxygen atoms in total. The lowest BCUT2D eigenvalue weighted by Gasteiger charge is -2.32. The molecule has 2 aliphatic rings. The van der Waals surface area contributed by atoms with Gasteiger partial charge in [0.2, 0.25) is 0 Å². The number of hydrogen-bond donors (Lipinski definition) is 2. The number of pyridine rings is 1. The van der Waals surface area contributed by atoms with E-state index in [0.717, 1.165) is 28.1 Å². The summed E-state index contributed by atoms with van der Waals surface area (Å²) in [5, 5.41) is 11.1. The van der Waals surface area contributed by atoms with E-state index in [1.54, 1.807) is 27.9 Å². The third-order valence-corrected chi connectivity index (χ3v) is 8.27. The topological polar surface area (TPSA) is 111 Å². The van der Waals surface area contributed by atoms with Crippen molar-refractivity contribution in [2.24, 2.45) is 0 Å². The molecule has 45 heavy (non-hydrogen) atoms. The van der Waals surface area contributed by atoms with Crippen molar-refractivity contribution in [3.05, 3.63) is 101 Å². The minimum absolute atomic E-state index is 0.100. The zero-order valence-electron chi connectivity index (χ0n) is 26.2. The van der Waals surface area contributed by atoms with E-state index in [2.05, 4.69) is 36.4 Å². The molecule has 1 aliphatic heterocycles. The summed E-state index contributed by atoms with van der Waals surface area (Å²) < 4.78 is 13.5. The smallest absolute Gasteiger partial charge is 0.320 e. The maximum absolute atomic E-state index is 13.4. The molecule has 1 aliphatic carbocycles. The average molecular weight is 609 g/mol. The molecule has 0 bridgehead atoms. The van der Waals surface area contributed by atoms with E-state index in [-0.39, 0.29) is 29.5 Å². The van der Waals surface area contributed by atoms with E-state index in [1.165, 1.54) is 0 Å². The number of carbonyl (C=O) groups is 2. The Bertz CT molecular complexity index is 1650. The van der Waals surface area contributed by atoms with Crippen LogP contribution in [0.3, 0.4) is 0 Å². The molecule has 0 saturated carbocycles. The summed E-state index contributed by atoms with van der Waals surface area (Å²) in [4.78, 5) is 32.3. The van der Waals surface area contributed by atoms with Crippen LogP contribution >= 0.6 is 0 Å². The summed E-state index contributed by atoms with van der Waals surface area (Å²) in [6.07, 6.45) is 2.80. The van der Waals surface area contributed by atoms with Gasteiger partial charge in [-0.25, -0.2) is 14.5 Å². The Balaban J connectivity index is 1.14. The Hall–Kier alpha value is -4.70. The van der Waals surface area contributed by atoms with Crippen LogP contribution < -0.4 is 15.4 Å². The average Bonchev–Trinajstić information content (AvgIpc) is 3.47. The van der Waals surface area contributed by atoms with Gasteiger partial charge in [-0.3, -0.25) is 10.1 Å². The highest BCUT2D eigenvalue weighted by atomic mass is 16.5. The van der Waals surface area contributed by atoms with Crippen LogP contribution in [0.1, 0.15) is 78.6 Å². The van der Waals surface area contributed by atoms with Gasteiger partial charge in [0.15, 0.2) is 0 Å². The number of aromatic nitrogens is 3. The van der Waals surface area contributed by atoms with Crippen LogP contribution in [0.2, 0.25) is 0 Å². The molecule has 0 unspecified atom stereocenters. The van der Waals surface area contributed by atoms with Gasteiger partial charge in [0.05, 0.1) is 36.8 Å². The van der Waals surface area contributed by atoms with Crippen molar-refractivity contribution in [2.75, 3.05) is 31.6 Å². The standard InChI is InChI=1S/C35H40N6O4/c1-23-9-11-24(12-10-23)41-32(21-31(39-41)35(2,3)4)38-34(43)37-28-15-16-30(27-8-6-5-7-26(27)28)45-25-13-14-29(36-22-25)33(42)40-17-19-44-20-18-40/h5-14,21-22,28,30H,15-20H2,1-4H3,(H2,37,38,43)/t28-,30+/m0/s1. The number of urea groups is 1. The van der Waals surface area contributed by atoms with E-state index in [9.17, 15) is 9.59 Å². The fraction of sp³-hybridized carbons (Fsp3) is 0.371. The highest BCUT2D eigenvalue weighted by Crippen LogP contribution is 2.39. The van der Waals surface area contributed by atoms with E-state index in [1.807, 2.05) is 61.5 Å². The van der Waals surface area contributed by atoms with E-state index >= 15 is 0 Å². The third-order valence-electron chi connectivity index (χ3n) is 8.27. The second kappa shape index (κ2) is 12.7. The number of morpholine rings is 1. The molecule has 2 aromatic heterocycles. The Labute approximate surface area is 263 Å². The van der Waals surface area contributed by atoms with E-state index < -0.39 is 0 Å². The second-order valence-electron chi connectivity index (χ2n) is 12.7. The molecule has 6 rings (SSSR count). The minimum atomic E-state index is -0.299. The van der Waals surface area contributed by atoms with Crippen molar-refractivity contribution in [3.8, 4) is 11.4 Å². The van der Waals surface area contributed by atoms with Gasteiger partial charge in [0.1, 0.15) is 23.4 Å². The summed E-state index contributed by atoms with van der Waals surface area (Å²) in [6.45, 7) is 10.6. The lowest BCUT2D eigenvalue weighted by atomic mass is 9.85. The number of nitrogens with one attached hydrogen (secondary N) is 2. The Kier molecular flexibility index (Phi) is 8.58. The molecule has 0 spiro atoms. The van der Waals surface area contributed by atoms with Crippen LogP contribution in [0, 0.1) is 6.92 Å². The molecule has 3 heterocycles. The second-order valence-corrected chi connectivity index (χ2v) is 12.7. The number of rotatable bonds is 6. The van der Waals surface area contributed by atoms with E-state index in [4.69, 9.17) is 14.6 Å². The quantitative estimate of drug-likeness (QED) is 0.273. The number of benzene rings is 2. The molecule has 4 aromatic rings. The molecule has 3 amide bonds. The number of aryl methyl sites for hydroxylation is 1. The van der Waals surface area contributed by atoms with Gasteiger partial charge in [-0.15, -0.1) is 0 Å². The predicted molar refractivity (Wildman–Crippen MR) is 172 cm³/mol. The molecule has 0 radical (unpaired) electrons. The highest BCUT2D eigenvalue weighted by molar-refractivity contribution is 5.92. The first-order valence-corrected chi connectivity index (χ1v) is 15.5. The molecular formula is C35H40N6O4. The van der Waals surface area contributed by atoms with Crippen molar-refractivity contribution < 1.29 is 19.1 Å². The van der Waals surface area contributed by atoms with Crippen LogP contribution in [0.5, 0.6) is 5.75 Å². The fourth-order valence-corrected chi connectivity index (χ4v) is 5.72. The van der Waals surface area contributed by atoms with Crippen LogP contribution in [-0.2, 0) is 10.2 Å². The van der Waals surface area contributed by atoms with Gasteiger partial charge in [-0.1, -0.05) is 62.7 Å². The number of ether oxygens (including phenoxy) is 2. The first kappa shape index (κ1) is 30.3. The fourth-order valence-electron chi connectivity index (χ4n) is 5.72. The monoisotopic (exact) mass is 608 g/mol. The SMILES string of the molecule is Cc1ccc(-n2nc(C(C)(C)C)cc2NC(=O)N[C@H]2CC[C@@H](Oc3ccc(C(=O)N4CCOCC4)nc3)c3ccccc32)cc1. The highest BCUT2D eigenvalue weighted by Gasteiger charge is 2.30. The van der Waals surface area contributed by atoms with Gasteiger partial charge in [-0.2, -0.15) is 5.10 Å². The summed E-state index contributed by atoms with van der Waals surface area (Å²) in [5.41, 5.74) is 5.15. The van der Waals surface area contributed by atoms with Gasteiger partial charge in [0, 0.05) is 24.6 Å². The molecule has 10 heteroatoms. The molecule has 2 aromatic carbocycles. The zero-order valence-corrected chi connectivity index (χ0v) is 26.2. The van der Waals surface area contributed by atoms with Crippen LogP contribution in [-0.4, -0.2) is 57.9 Å². The summed E-state index contributed by atoms with van der Waals surface area (Å²) in [7, 11) is 0. The Morgan fingerprint density at radius 3 is 2.38 bits per heavy atom. The predicted octanol–water partition coefficient (Wildman–Crippen LogP) is 6.12. The van der Waals surface area contributed by atoms with Crippen LogP contribution in [0.4, 0.5) is 10.6 Å². The molecule has 1 fully saturated rings. The van der Waals surface area contributed by atoms with Crippen molar-refractivity contribution in [2.45, 2.75) is 58.1 Å². The van der Waals surface area contributed by atoms with E-state index in [0.29, 0.717) is 56.4 Å². The molecule has 1 saturated heterocycles. The normalized spacial score (nSPS) is 18.2. The summed E-state index contributed by atoms with van der Waals surface area (Å²) >= 11 is 0. The lowest BCUT2D eigenvalue weighted by molar-refractivity contribution is 0.0299. The number of fused-ring (bicyclic) bond motifs is 1. The third kappa shape index (κ3) is 6.86. The number of hydrogen-bond acceptors (Lipinski definition) is 6. The molecule has 234 valence electrons. The zero-order chi connectivity index (χ0) is 31.6. The van der Waals surface area contributed by atoms with Gasteiger partial charge in [-0.05, 0) is 55.2 Å².